The summed E-state index contributed by atoms with van der Waals surface area (Å²) >= 11 is 0. The van der Waals surface area contributed by atoms with Crippen molar-refractivity contribution in [2.75, 3.05) is 5.73 Å². The molecule has 6 heteroatoms. The largest absolute Gasteiger partial charge is 0.396 e. The highest BCUT2D eigenvalue weighted by atomic mass is 15.4. The van der Waals surface area contributed by atoms with E-state index in [9.17, 15) is 0 Å². The van der Waals surface area contributed by atoms with Gasteiger partial charge in [0.05, 0.1) is 28.8 Å². The summed E-state index contributed by atoms with van der Waals surface area (Å²) in [5, 5.41) is 17.0. The first-order chi connectivity index (χ1) is 7.61. The predicted octanol–water partition coefficient (Wildman–Crippen LogP) is 0.656. The molecule has 16 heavy (non-hydrogen) atoms. The third kappa shape index (κ3) is 1.63. The van der Waals surface area contributed by atoms with Gasteiger partial charge in [-0.2, -0.15) is 15.5 Å². The van der Waals surface area contributed by atoms with E-state index in [2.05, 4.69) is 10.2 Å². The molecule has 2 N–H and O–H groups in total. The molecule has 0 unspecified atom stereocenters. The van der Waals surface area contributed by atoms with Crippen molar-refractivity contribution in [3.8, 4) is 6.07 Å². The van der Waals surface area contributed by atoms with E-state index >= 15 is 0 Å². The fraction of sp³-hybridized carbons (Fsp3) is 0.300. The Kier molecular flexibility index (Phi) is 2.37. The molecule has 0 radical (unpaired) electrons. The van der Waals surface area contributed by atoms with Crippen LogP contribution in [0.15, 0.2) is 12.4 Å². The summed E-state index contributed by atoms with van der Waals surface area (Å²) in [6, 6.07) is 2.03. The minimum atomic E-state index is 0.464. The Bertz CT molecular complexity index is 556. The van der Waals surface area contributed by atoms with Crippen LogP contribution in [0.5, 0.6) is 0 Å². The lowest BCUT2D eigenvalue weighted by molar-refractivity contribution is 0.491. The minimum Gasteiger partial charge on any atom is -0.396 e. The van der Waals surface area contributed by atoms with Crippen LogP contribution in [0.2, 0.25) is 0 Å². The number of nitrogens with zero attached hydrogens (tertiary/aromatic N) is 5. The van der Waals surface area contributed by atoms with Gasteiger partial charge in [0.2, 0.25) is 0 Å². The van der Waals surface area contributed by atoms with Crippen LogP contribution in [0, 0.1) is 25.2 Å². The Morgan fingerprint density at radius 1 is 1.50 bits per heavy atom. The Hall–Kier alpha value is -2.29. The molecule has 0 fully saturated rings. The third-order valence-electron chi connectivity index (χ3n) is 2.48. The second-order valence-electron chi connectivity index (χ2n) is 3.61. The van der Waals surface area contributed by atoms with Gasteiger partial charge in [0.15, 0.2) is 0 Å². The molecule has 2 aromatic rings. The number of hydrogen-bond acceptors (Lipinski definition) is 4. The Labute approximate surface area is 92.9 Å². The summed E-state index contributed by atoms with van der Waals surface area (Å²) in [4.78, 5) is 0. The predicted molar refractivity (Wildman–Crippen MR) is 58.5 cm³/mol. The average molecular weight is 216 g/mol. The molecule has 0 atom stereocenters. The van der Waals surface area contributed by atoms with Crippen molar-refractivity contribution in [2.24, 2.45) is 0 Å². The lowest BCUT2D eigenvalue weighted by Gasteiger charge is -2.03. The van der Waals surface area contributed by atoms with Gasteiger partial charge >= 0.3 is 0 Å². The van der Waals surface area contributed by atoms with Gasteiger partial charge in [-0.3, -0.25) is 0 Å². The van der Waals surface area contributed by atoms with E-state index in [1.807, 2.05) is 19.9 Å². The van der Waals surface area contributed by atoms with Crippen molar-refractivity contribution in [3.05, 3.63) is 29.3 Å². The molecule has 0 aliphatic rings. The van der Waals surface area contributed by atoms with E-state index in [4.69, 9.17) is 11.0 Å². The molecular weight excluding hydrogens is 204 g/mol. The van der Waals surface area contributed by atoms with Crippen LogP contribution in [-0.4, -0.2) is 19.6 Å². The van der Waals surface area contributed by atoms with E-state index in [-0.39, 0.29) is 0 Å². The summed E-state index contributed by atoms with van der Waals surface area (Å²) in [5.74, 6) is 0. The fourth-order valence-electron chi connectivity index (χ4n) is 1.48. The van der Waals surface area contributed by atoms with Crippen molar-refractivity contribution in [1.29, 1.82) is 5.26 Å². The maximum Gasteiger partial charge on any atom is 0.133 e. The molecular formula is C10H12N6. The fourth-order valence-corrected chi connectivity index (χ4v) is 1.48. The van der Waals surface area contributed by atoms with E-state index in [1.165, 1.54) is 6.20 Å². The second-order valence-corrected chi connectivity index (χ2v) is 3.61. The zero-order chi connectivity index (χ0) is 11.7. The number of rotatable bonds is 2. The van der Waals surface area contributed by atoms with Crippen molar-refractivity contribution < 1.29 is 0 Å². The molecule has 0 saturated carbocycles. The van der Waals surface area contributed by atoms with Gasteiger partial charge in [0, 0.05) is 6.20 Å². The smallest absolute Gasteiger partial charge is 0.133 e. The van der Waals surface area contributed by atoms with Crippen LogP contribution in [0.3, 0.4) is 0 Å². The minimum absolute atomic E-state index is 0.464. The van der Waals surface area contributed by atoms with E-state index in [0.29, 0.717) is 17.9 Å². The van der Waals surface area contributed by atoms with Gasteiger partial charge in [0.25, 0.3) is 0 Å². The zero-order valence-corrected chi connectivity index (χ0v) is 9.18. The molecule has 2 heterocycles. The molecule has 0 aliphatic heterocycles. The van der Waals surface area contributed by atoms with Crippen LogP contribution >= 0.6 is 0 Å². The summed E-state index contributed by atoms with van der Waals surface area (Å²) in [6.45, 7) is 4.23. The second kappa shape index (κ2) is 3.70. The molecule has 0 spiro atoms. The standard InChI is InChI=1S/C10H12N6/c1-7-10(12)8(2)16(14-7)6-15-5-9(3-11)4-13-15/h4-5H,6,12H2,1-2H3. The Morgan fingerprint density at radius 2 is 2.25 bits per heavy atom. The zero-order valence-electron chi connectivity index (χ0n) is 9.18. The molecule has 0 bridgehead atoms. The number of aryl methyl sites for hydroxylation is 1. The molecule has 0 aromatic carbocycles. The van der Waals surface area contributed by atoms with Crippen molar-refractivity contribution >= 4 is 5.69 Å². The molecule has 0 amide bonds. The molecule has 2 rings (SSSR count). The van der Waals surface area contributed by atoms with Gasteiger partial charge in [-0.15, -0.1) is 0 Å². The summed E-state index contributed by atoms with van der Waals surface area (Å²) in [7, 11) is 0. The lowest BCUT2D eigenvalue weighted by Crippen LogP contribution is -2.11. The normalized spacial score (nSPS) is 10.3. The van der Waals surface area contributed by atoms with Gasteiger partial charge in [-0.25, -0.2) is 9.36 Å². The van der Waals surface area contributed by atoms with Crippen molar-refractivity contribution in [3.63, 3.8) is 0 Å². The SMILES string of the molecule is Cc1nn(Cn2cc(C#N)cn2)c(C)c1N. The van der Waals surface area contributed by atoms with Crippen LogP contribution < -0.4 is 5.73 Å². The Morgan fingerprint density at radius 3 is 2.75 bits per heavy atom. The number of anilines is 1. The number of nitriles is 1. The molecule has 6 nitrogen and oxygen atoms in total. The topological polar surface area (TPSA) is 85.5 Å². The van der Waals surface area contributed by atoms with Crippen LogP contribution in [0.4, 0.5) is 5.69 Å². The highest BCUT2D eigenvalue weighted by Gasteiger charge is 2.08. The van der Waals surface area contributed by atoms with Crippen molar-refractivity contribution in [1.82, 2.24) is 19.6 Å². The highest BCUT2D eigenvalue weighted by molar-refractivity contribution is 5.46. The molecule has 0 saturated heterocycles. The highest BCUT2D eigenvalue weighted by Crippen LogP contribution is 2.14. The van der Waals surface area contributed by atoms with Gasteiger partial charge < -0.3 is 5.73 Å². The number of aromatic nitrogens is 4. The van der Waals surface area contributed by atoms with E-state index in [1.54, 1.807) is 15.6 Å². The maximum absolute atomic E-state index is 8.67. The first kappa shape index (κ1) is 10.2. The van der Waals surface area contributed by atoms with Gasteiger partial charge in [0.1, 0.15) is 12.7 Å². The van der Waals surface area contributed by atoms with Crippen molar-refractivity contribution in [2.45, 2.75) is 20.5 Å². The maximum atomic E-state index is 8.67. The van der Waals surface area contributed by atoms with Crippen LogP contribution in [0.1, 0.15) is 17.0 Å². The van der Waals surface area contributed by atoms with Gasteiger partial charge in [-0.1, -0.05) is 0 Å². The first-order valence-corrected chi connectivity index (χ1v) is 4.84. The monoisotopic (exact) mass is 216 g/mol. The molecule has 0 aliphatic carbocycles. The van der Waals surface area contributed by atoms with E-state index < -0.39 is 0 Å². The number of nitrogens with two attached hydrogens (primary N) is 1. The quantitative estimate of drug-likeness (QED) is 0.798. The summed E-state index contributed by atoms with van der Waals surface area (Å²) in [5.41, 5.74) is 8.78. The summed E-state index contributed by atoms with van der Waals surface area (Å²) in [6.07, 6.45) is 3.20. The third-order valence-corrected chi connectivity index (χ3v) is 2.48. The first-order valence-electron chi connectivity index (χ1n) is 4.84. The molecule has 82 valence electrons. The lowest BCUT2D eigenvalue weighted by atomic mass is 10.3. The average Bonchev–Trinajstić information content (AvgIpc) is 2.81. The van der Waals surface area contributed by atoms with Gasteiger partial charge in [-0.05, 0) is 13.8 Å². The van der Waals surface area contributed by atoms with E-state index in [0.717, 1.165) is 11.4 Å². The Balaban J connectivity index is 2.27. The molecule has 2 aromatic heterocycles. The summed E-state index contributed by atoms with van der Waals surface area (Å²) < 4.78 is 3.41. The number of nitrogen functional groups attached to an aromatic ring is 1. The van der Waals surface area contributed by atoms with Crippen LogP contribution in [-0.2, 0) is 6.67 Å². The number of hydrogen-bond donors (Lipinski definition) is 1. The van der Waals surface area contributed by atoms with Crippen LogP contribution in [0.25, 0.3) is 0 Å².